The van der Waals surface area contributed by atoms with E-state index in [-0.39, 0.29) is 37.2 Å². The largest absolute Gasteiger partial charge is 0.507 e. The molecule has 2 aromatic rings. The number of likely N-dealkylation sites (N-methyl/N-ethyl adjacent to an activating group) is 1. The maximum Gasteiger partial charge on any atom is 0.341 e. The number of aromatic hydroxyl groups is 1. The molecule has 1 aliphatic rings. The van der Waals surface area contributed by atoms with Crippen LogP contribution in [0.5, 0.6) is 5.75 Å². The molecule has 1 aliphatic heterocycles. The van der Waals surface area contributed by atoms with E-state index in [9.17, 15) is 18.3 Å². The van der Waals surface area contributed by atoms with E-state index in [2.05, 4.69) is 21.6 Å². The minimum absolute atomic E-state index is 0.0373. The molecule has 8 nitrogen and oxygen atoms in total. The number of rotatable bonds is 8. The summed E-state index contributed by atoms with van der Waals surface area (Å²) in [7, 11) is -1.84. The van der Waals surface area contributed by atoms with Gasteiger partial charge in [-0.3, -0.25) is 4.72 Å². The van der Waals surface area contributed by atoms with E-state index in [0.29, 0.717) is 6.42 Å². The highest BCUT2D eigenvalue weighted by molar-refractivity contribution is 7.94. The maximum absolute atomic E-state index is 12.4. The zero-order valence-corrected chi connectivity index (χ0v) is 20.0. The fourth-order valence-corrected chi connectivity index (χ4v) is 5.96. The summed E-state index contributed by atoms with van der Waals surface area (Å²) in [5.41, 5.74) is 0.0505. The Kier molecular flexibility index (Phi) is 8.06. The number of phenolic OH excluding ortho intramolecular Hbond substituents is 1. The number of hydrogen-bond acceptors (Lipinski definition) is 8. The molecule has 1 fully saturated rings. The van der Waals surface area contributed by atoms with Crippen molar-refractivity contribution in [3.8, 4) is 5.75 Å². The van der Waals surface area contributed by atoms with E-state index >= 15 is 0 Å². The highest BCUT2D eigenvalue weighted by Gasteiger charge is 2.21. The molecule has 0 amide bonds. The Morgan fingerprint density at radius 3 is 2.55 bits per heavy atom. The number of halogens is 2. The average Bonchev–Trinajstić information content (AvgIpc) is 3.06. The number of benzene rings is 1. The van der Waals surface area contributed by atoms with Crippen molar-refractivity contribution in [1.82, 2.24) is 9.80 Å². The number of ether oxygens (including phenoxy) is 1. The minimum Gasteiger partial charge on any atom is -0.507 e. The molecule has 12 heteroatoms. The van der Waals surface area contributed by atoms with Crippen LogP contribution in [0.1, 0.15) is 16.8 Å². The average molecular weight is 508 g/mol. The van der Waals surface area contributed by atoms with Crippen LogP contribution in [-0.2, 0) is 14.8 Å². The molecule has 3 rings (SSSR count). The lowest BCUT2D eigenvalue weighted by atomic mass is 10.2. The molecule has 31 heavy (non-hydrogen) atoms. The van der Waals surface area contributed by atoms with Crippen LogP contribution < -0.4 is 4.72 Å². The number of nitrogens with zero attached hydrogens (tertiary/aromatic N) is 2. The van der Waals surface area contributed by atoms with Crippen LogP contribution in [0.25, 0.3) is 0 Å². The Labute approximate surface area is 195 Å². The van der Waals surface area contributed by atoms with Gasteiger partial charge in [0.1, 0.15) is 19.9 Å². The summed E-state index contributed by atoms with van der Waals surface area (Å²) in [5.74, 6) is -1.05. The zero-order valence-electron chi connectivity index (χ0n) is 16.8. The number of phenols is 1. The van der Waals surface area contributed by atoms with Gasteiger partial charge in [-0.15, -0.1) is 11.3 Å². The van der Waals surface area contributed by atoms with Gasteiger partial charge in [-0.05, 0) is 31.7 Å². The van der Waals surface area contributed by atoms with Gasteiger partial charge < -0.3 is 19.6 Å². The lowest BCUT2D eigenvalue weighted by Crippen LogP contribution is -2.44. The number of sulfonamides is 1. The van der Waals surface area contributed by atoms with Crippen LogP contribution in [-0.4, -0.2) is 75.7 Å². The summed E-state index contributed by atoms with van der Waals surface area (Å²) >= 11 is 12.4. The molecule has 0 unspecified atom stereocenters. The Balaban J connectivity index is 1.53. The van der Waals surface area contributed by atoms with Crippen LogP contribution in [0.4, 0.5) is 5.69 Å². The first-order valence-electron chi connectivity index (χ1n) is 9.54. The number of carbonyl (C=O) groups excluding carboxylic acids is 1. The van der Waals surface area contributed by atoms with Crippen molar-refractivity contribution in [1.29, 1.82) is 0 Å². The second kappa shape index (κ2) is 10.4. The molecule has 0 bridgehead atoms. The van der Waals surface area contributed by atoms with Crippen LogP contribution in [0.2, 0.25) is 9.36 Å². The number of carbonyl (C=O) groups is 1. The quantitative estimate of drug-likeness (QED) is 0.417. The summed E-state index contributed by atoms with van der Waals surface area (Å²) in [6.45, 7) is 5.11. The second-order valence-electron chi connectivity index (χ2n) is 7.16. The molecule has 0 radical (unpaired) electrons. The number of thiophene rings is 1. The van der Waals surface area contributed by atoms with Crippen molar-refractivity contribution < 1.29 is 23.1 Å². The normalized spacial score (nSPS) is 15.7. The summed E-state index contributed by atoms with van der Waals surface area (Å²) in [5, 5.41) is 10.3. The Bertz CT molecular complexity index is 1020. The number of nitrogens with one attached hydrogen (secondary N) is 1. The molecule has 1 aromatic carbocycles. The van der Waals surface area contributed by atoms with Gasteiger partial charge in [0, 0.05) is 38.8 Å². The second-order valence-corrected chi connectivity index (χ2v) is 11.1. The van der Waals surface area contributed by atoms with E-state index in [0.717, 1.165) is 50.1 Å². The molecule has 1 aromatic heterocycles. The first kappa shape index (κ1) is 24.1. The van der Waals surface area contributed by atoms with Crippen molar-refractivity contribution in [2.24, 2.45) is 0 Å². The SMILES string of the molecule is CN1CCN(CCCOC(=O)c2ccc(NS(=O)(=O)c3cc(Cl)c(Cl)s3)cc2O)CC1. The number of piperazine rings is 1. The predicted octanol–water partition coefficient (Wildman–Crippen LogP) is 3.36. The lowest BCUT2D eigenvalue weighted by Gasteiger charge is -2.32. The topological polar surface area (TPSA) is 99.2 Å². The smallest absolute Gasteiger partial charge is 0.341 e. The standard InChI is InChI=1S/C19H23Cl2N3O5S2/c1-23-6-8-24(9-7-23)5-2-10-29-19(26)14-4-3-13(11-16(14)25)22-31(27,28)17-12-15(20)18(21)30-17/h3-4,11-12,22,25H,2,5-10H2,1H3. The monoisotopic (exact) mass is 507 g/mol. The van der Waals surface area contributed by atoms with E-state index in [4.69, 9.17) is 27.9 Å². The summed E-state index contributed by atoms with van der Waals surface area (Å²) in [6.07, 6.45) is 0.694. The molecular formula is C19H23Cl2N3O5S2. The van der Waals surface area contributed by atoms with Gasteiger partial charge in [0.05, 0.1) is 17.3 Å². The Morgan fingerprint density at radius 2 is 1.94 bits per heavy atom. The van der Waals surface area contributed by atoms with E-state index in [1.54, 1.807) is 0 Å². The molecule has 0 atom stereocenters. The molecule has 2 N–H and O–H groups in total. The highest BCUT2D eigenvalue weighted by Crippen LogP contribution is 2.35. The van der Waals surface area contributed by atoms with Gasteiger partial charge in [0.25, 0.3) is 10.0 Å². The van der Waals surface area contributed by atoms with E-state index in [1.807, 2.05) is 0 Å². The lowest BCUT2D eigenvalue weighted by molar-refractivity contribution is 0.0476. The molecule has 0 aliphatic carbocycles. The van der Waals surface area contributed by atoms with E-state index in [1.165, 1.54) is 18.2 Å². The van der Waals surface area contributed by atoms with Crippen LogP contribution in [0.3, 0.4) is 0 Å². The molecular weight excluding hydrogens is 485 g/mol. The van der Waals surface area contributed by atoms with Crippen LogP contribution in [0, 0.1) is 0 Å². The zero-order chi connectivity index (χ0) is 22.6. The van der Waals surface area contributed by atoms with Crippen molar-refractivity contribution >= 4 is 56.2 Å². The summed E-state index contributed by atoms with van der Waals surface area (Å²) in [6, 6.07) is 5.07. The van der Waals surface area contributed by atoms with Crippen molar-refractivity contribution in [3.63, 3.8) is 0 Å². The minimum atomic E-state index is -3.93. The summed E-state index contributed by atoms with van der Waals surface area (Å²) in [4.78, 5) is 16.8. The molecule has 170 valence electrons. The van der Waals surface area contributed by atoms with Gasteiger partial charge >= 0.3 is 5.97 Å². The first-order chi connectivity index (χ1) is 14.7. The van der Waals surface area contributed by atoms with E-state index < -0.39 is 16.0 Å². The molecule has 1 saturated heterocycles. The molecule has 0 spiro atoms. The van der Waals surface area contributed by atoms with Crippen LogP contribution >= 0.6 is 34.5 Å². The Hall–Kier alpha value is -1.56. The fraction of sp³-hybridized carbons (Fsp3) is 0.421. The van der Waals surface area contributed by atoms with Gasteiger partial charge in [-0.25, -0.2) is 13.2 Å². The van der Waals surface area contributed by atoms with Crippen molar-refractivity contribution in [2.75, 3.05) is 51.1 Å². The first-order valence-corrected chi connectivity index (χ1v) is 12.6. The number of esters is 1. The third-order valence-electron chi connectivity index (χ3n) is 4.80. The molecule has 2 heterocycles. The van der Waals surface area contributed by atoms with Gasteiger partial charge in [-0.2, -0.15) is 0 Å². The van der Waals surface area contributed by atoms with Gasteiger partial charge in [-0.1, -0.05) is 23.2 Å². The number of anilines is 1. The maximum atomic E-state index is 12.4. The molecule has 0 saturated carbocycles. The van der Waals surface area contributed by atoms with Crippen molar-refractivity contribution in [2.45, 2.75) is 10.6 Å². The Morgan fingerprint density at radius 1 is 1.23 bits per heavy atom. The third kappa shape index (κ3) is 6.47. The van der Waals surface area contributed by atoms with Gasteiger partial charge in [0.2, 0.25) is 0 Å². The van der Waals surface area contributed by atoms with Crippen molar-refractivity contribution in [3.05, 3.63) is 39.2 Å². The van der Waals surface area contributed by atoms with Gasteiger partial charge in [0.15, 0.2) is 0 Å². The summed E-state index contributed by atoms with van der Waals surface area (Å²) < 4.78 is 32.5. The number of hydrogen-bond donors (Lipinski definition) is 2. The third-order valence-corrected chi connectivity index (χ3v) is 8.53. The fourth-order valence-electron chi connectivity index (χ4n) is 3.03. The highest BCUT2D eigenvalue weighted by atomic mass is 35.5. The predicted molar refractivity (Wildman–Crippen MR) is 122 cm³/mol. The van der Waals surface area contributed by atoms with Crippen LogP contribution in [0.15, 0.2) is 28.5 Å².